The summed E-state index contributed by atoms with van der Waals surface area (Å²) < 4.78 is 14.3. The lowest BCUT2D eigenvalue weighted by Crippen LogP contribution is -2.38. The number of phenols is 2. The molecule has 1 heterocycles. The maximum absolute atomic E-state index is 14.3. The first-order valence-electron chi connectivity index (χ1n) is 9.70. The van der Waals surface area contributed by atoms with Crippen LogP contribution in [0.5, 0.6) is 11.5 Å². The third-order valence-electron chi connectivity index (χ3n) is 5.72. The lowest BCUT2D eigenvalue weighted by molar-refractivity contribution is 0.0714. The molecule has 0 bridgehead atoms. The summed E-state index contributed by atoms with van der Waals surface area (Å²) in [6.45, 7) is 1.42. The molecule has 5 nitrogen and oxygen atoms in total. The highest BCUT2D eigenvalue weighted by Crippen LogP contribution is 2.34. The Balaban J connectivity index is 1.54. The number of fused-ring (bicyclic) bond motifs is 1. The zero-order valence-corrected chi connectivity index (χ0v) is 15.9. The highest BCUT2D eigenvalue weighted by atomic mass is 19.1. The van der Waals surface area contributed by atoms with Crippen LogP contribution in [0.1, 0.15) is 40.2 Å². The smallest absolute Gasteiger partial charge is 0.254 e. The second-order valence-corrected chi connectivity index (χ2v) is 7.49. The van der Waals surface area contributed by atoms with Gasteiger partial charge in [0, 0.05) is 25.2 Å². The van der Waals surface area contributed by atoms with Crippen LogP contribution in [0, 0.1) is 5.82 Å². The van der Waals surface area contributed by atoms with Crippen LogP contribution < -0.4 is 5.73 Å². The fraction of sp³-hybridized carbons (Fsp3) is 0.261. The Bertz CT molecular complexity index is 1080. The number of hydrogen-bond donors (Lipinski definition) is 3. The van der Waals surface area contributed by atoms with E-state index in [2.05, 4.69) is 0 Å². The number of nitrogens with zero attached hydrogens (tertiary/aromatic N) is 1. The molecule has 1 aliphatic rings. The lowest BCUT2D eigenvalue weighted by atomic mass is 9.88. The number of carbonyl (C=O) groups excluding carboxylic acids is 1. The first kappa shape index (κ1) is 19.2. The normalized spacial score (nSPS) is 15.0. The zero-order valence-electron chi connectivity index (χ0n) is 15.9. The highest BCUT2D eigenvalue weighted by Gasteiger charge is 2.27. The van der Waals surface area contributed by atoms with E-state index in [1.807, 2.05) is 6.07 Å². The molecule has 1 fully saturated rings. The standard InChI is InChI=1S/C23H23FN2O3/c24-20-5-4-14(13-25)10-19(20)15-6-8-26(9-7-15)23(29)17-3-1-2-16-11-21(27)22(28)12-18(16)17/h1-5,10-12,15,27-28H,6-9,13,25H2. The molecule has 0 unspecified atom stereocenters. The van der Waals surface area contributed by atoms with Crippen LogP contribution in [-0.2, 0) is 6.54 Å². The summed E-state index contributed by atoms with van der Waals surface area (Å²) in [5.74, 6) is -0.776. The molecule has 3 aromatic rings. The number of phenolic OH excluding ortho intramolecular Hbond substituents is 2. The fourth-order valence-electron chi connectivity index (χ4n) is 4.09. The van der Waals surface area contributed by atoms with Gasteiger partial charge in [-0.15, -0.1) is 0 Å². The van der Waals surface area contributed by atoms with Gasteiger partial charge in [0.15, 0.2) is 11.5 Å². The van der Waals surface area contributed by atoms with Crippen molar-refractivity contribution in [2.75, 3.05) is 13.1 Å². The number of halogens is 1. The predicted octanol–water partition coefficient (Wildman–Crippen LogP) is 3.87. The number of likely N-dealkylation sites (tertiary alicyclic amines) is 1. The number of carbonyl (C=O) groups is 1. The van der Waals surface area contributed by atoms with Crippen molar-refractivity contribution in [2.45, 2.75) is 25.3 Å². The number of piperidine rings is 1. The fourth-order valence-corrected chi connectivity index (χ4v) is 4.09. The van der Waals surface area contributed by atoms with Crippen molar-refractivity contribution in [1.82, 2.24) is 4.90 Å². The van der Waals surface area contributed by atoms with Gasteiger partial charge >= 0.3 is 0 Å². The first-order valence-corrected chi connectivity index (χ1v) is 9.70. The van der Waals surface area contributed by atoms with Gasteiger partial charge in [0.25, 0.3) is 5.91 Å². The molecule has 150 valence electrons. The Morgan fingerprint density at radius 3 is 2.52 bits per heavy atom. The number of benzene rings is 3. The van der Waals surface area contributed by atoms with Crippen LogP contribution >= 0.6 is 0 Å². The van der Waals surface area contributed by atoms with Crippen LogP contribution in [0.15, 0.2) is 48.5 Å². The van der Waals surface area contributed by atoms with Crippen molar-refractivity contribution in [1.29, 1.82) is 0 Å². The molecule has 6 heteroatoms. The largest absolute Gasteiger partial charge is 0.504 e. The number of amides is 1. The average molecular weight is 394 g/mol. The Morgan fingerprint density at radius 2 is 1.79 bits per heavy atom. The molecule has 4 N–H and O–H groups in total. The van der Waals surface area contributed by atoms with Gasteiger partial charge in [0.1, 0.15) is 5.82 Å². The van der Waals surface area contributed by atoms with E-state index in [1.165, 1.54) is 18.2 Å². The van der Waals surface area contributed by atoms with E-state index in [4.69, 9.17) is 5.73 Å². The molecule has 0 spiro atoms. The lowest BCUT2D eigenvalue weighted by Gasteiger charge is -2.33. The van der Waals surface area contributed by atoms with Gasteiger partial charge in [-0.25, -0.2) is 4.39 Å². The summed E-state index contributed by atoms with van der Waals surface area (Å²) in [6, 6.07) is 13.1. The van der Waals surface area contributed by atoms with Crippen molar-refractivity contribution >= 4 is 16.7 Å². The number of rotatable bonds is 3. The number of nitrogens with two attached hydrogens (primary N) is 1. The zero-order chi connectivity index (χ0) is 20.5. The van der Waals surface area contributed by atoms with E-state index in [1.54, 1.807) is 29.2 Å². The highest BCUT2D eigenvalue weighted by molar-refractivity contribution is 6.07. The minimum atomic E-state index is -0.258. The van der Waals surface area contributed by atoms with Crippen LogP contribution in [0.2, 0.25) is 0 Å². The molecule has 0 atom stereocenters. The van der Waals surface area contributed by atoms with Crippen molar-refractivity contribution in [3.63, 3.8) is 0 Å². The van der Waals surface area contributed by atoms with E-state index < -0.39 is 0 Å². The molecule has 0 aliphatic carbocycles. The van der Waals surface area contributed by atoms with Gasteiger partial charge in [0.2, 0.25) is 0 Å². The van der Waals surface area contributed by atoms with Crippen LogP contribution in [0.25, 0.3) is 10.8 Å². The molecule has 3 aromatic carbocycles. The third-order valence-corrected chi connectivity index (χ3v) is 5.72. The van der Waals surface area contributed by atoms with Crippen LogP contribution in [0.3, 0.4) is 0 Å². The van der Waals surface area contributed by atoms with E-state index in [0.29, 0.717) is 54.4 Å². The summed E-state index contributed by atoms with van der Waals surface area (Å²) in [5, 5.41) is 20.8. The van der Waals surface area contributed by atoms with E-state index in [-0.39, 0.29) is 29.1 Å². The van der Waals surface area contributed by atoms with Gasteiger partial charge in [0.05, 0.1) is 0 Å². The van der Waals surface area contributed by atoms with Gasteiger partial charge in [-0.1, -0.05) is 24.3 Å². The quantitative estimate of drug-likeness (QED) is 0.589. The molecule has 4 rings (SSSR count). The second kappa shape index (κ2) is 7.72. The van der Waals surface area contributed by atoms with Crippen molar-refractivity contribution < 1.29 is 19.4 Å². The Morgan fingerprint density at radius 1 is 1.07 bits per heavy atom. The van der Waals surface area contributed by atoms with Gasteiger partial charge in [-0.3, -0.25) is 4.79 Å². The molecule has 0 saturated carbocycles. The van der Waals surface area contributed by atoms with Crippen molar-refractivity contribution in [3.8, 4) is 11.5 Å². The van der Waals surface area contributed by atoms with Crippen LogP contribution in [0.4, 0.5) is 4.39 Å². The molecular formula is C23H23FN2O3. The topological polar surface area (TPSA) is 86.8 Å². The molecule has 29 heavy (non-hydrogen) atoms. The van der Waals surface area contributed by atoms with Gasteiger partial charge in [-0.05, 0) is 64.9 Å². The summed E-state index contributed by atoms with van der Waals surface area (Å²) in [4.78, 5) is 14.9. The number of aromatic hydroxyl groups is 2. The Labute approximate surface area is 168 Å². The Kier molecular flexibility index (Phi) is 5.11. The maximum Gasteiger partial charge on any atom is 0.254 e. The second-order valence-electron chi connectivity index (χ2n) is 7.49. The predicted molar refractivity (Wildman–Crippen MR) is 109 cm³/mol. The average Bonchev–Trinajstić information content (AvgIpc) is 2.74. The van der Waals surface area contributed by atoms with Crippen molar-refractivity contribution in [3.05, 3.63) is 71.0 Å². The molecule has 0 radical (unpaired) electrons. The summed E-state index contributed by atoms with van der Waals surface area (Å²) >= 11 is 0. The molecule has 1 aliphatic heterocycles. The first-order chi connectivity index (χ1) is 14.0. The van der Waals surface area contributed by atoms with Gasteiger partial charge in [-0.2, -0.15) is 0 Å². The maximum atomic E-state index is 14.3. The SMILES string of the molecule is NCc1ccc(F)c(C2CCN(C(=O)c3cccc4cc(O)c(O)cc34)CC2)c1. The summed E-state index contributed by atoms with van der Waals surface area (Å²) in [5.41, 5.74) is 7.73. The monoisotopic (exact) mass is 394 g/mol. The third kappa shape index (κ3) is 3.63. The minimum Gasteiger partial charge on any atom is -0.504 e. The van der Waals surface area contributed by atoms with Gasteiger partial charge < -0.3 is 20.8 Å². The summed E-state index contributed by atoms with van der Waals surface area (Å²) in [7, 11) is 0. The molecule has 1 saturated heterocycles. The van der Waals surface area contributed by atoms with E-state index in [9.17, 15) is 19.4 Å². The van der Waals surface area contributed by atoms with E-state index >= 15 is 0 Å². The van der Waals surface area contributed by atoms with Crippen molar-refractivity contribution in [2.24, 2.45) is 5.73 Å². The van der Waals surface area contributed by atoms with Crippen LogP contribution in [-0.4, -0.2) is 34.1 Å². The molecule has 0 aromatic heterocycles. The van der Waals surface area contributed by atoms with E-state index in [0.717, 1.165) is 5.56 Å². The minimum absolute atomic E-state index is 0.0547. The number of hydrogen-bond acceptors (Lipinski definition) is 4. The summed E-state index contributed by atoms with van der Waals surface area (Å²) in [6.07, 6.45) is 1.35. The Hall–Kier alpha value is -3.12. The molecular weight excluding hydrogens is 371 g/mol. The molecule has 1 amide bonds.